The summed E-state index contributed by atoms with van der Waals surface area (Å²) in [6.07, 6.45) is 1.57. The number of benzene rings is 1. The van der Waals surface area contributed by atoms with Crippen LogP contribution in [0.25, 0.3) is 0 Å². The summed E-state index contributed by atoms with van der Waals surface area (Å²) in [6.45, 7) is 0.188. The Morgan fingerprint density at radius 2 is 2.06 bits per heavy atom. The fourth-order valence-corrected chi connectivity index (χ4v) is 1.58. The van der Waals surface area contributed by atoms with E-state index in [0.29, 0.717) is 6.54 Å². The zero-order valence-corrected chi connectivity index (χ0v) is 9.71. The lowest BCUT2D eigenvalue weighted by Gasteiger charge is -2.05. The van der Waals surface area contributed by atoms with Crippen molar-refractivity contribution in [2.45, 2.75) is 6.54 Å². The molecule has 4 nitrogen and oxygen atoms in total. The second-order valence-electron chi connectivity index (χ2n) is 3.64. The van der Waals surface area contributed by atoms with Crippen LogP contribution in [0.4, 0.5) is 0 Å². The lowest BCUT2D eigenvalue weighted by atomic mass is 10.1. The number of aliphatic hydroxyl groups is 1. The van der Waals surface area contributed by atoms with E-state index in [2.05, 4.69) is 16.9 Å². The van der Waals surface area contributed by atoms with E-state index >= 15 is 0 Å². The van der Waals surface area contributed by atoms with Crippen LogP contribution in [0.3, 0.4) is 0 Å². The maximum Gasteiger partial charge on any atom is 0.267 e. The van der Waals surface area contributed by atoms with E-state index in [-0.39, 0.29) is 12.2 Å². The number of nitrogens with zero attached hydrogens (tertiary/aromatic N) is 2. The van der Waals surface area contributed by atoms with Gasteiger partial charge < -0.3 is 5.11 Å². The Kier molecular flexibility index (Phi) is 3.90. The topological polar surface area (TPSA) is 55.1 Å². The molecule has 4 heteroatoms. The minimum absolute atomic E-state index is 0.151. The molecule has 0 unspecified atom stereocenters. The summed E-state index contributed by atoms with van der Waals surface area (Å²) in [4.78, 5) is 11.6. The second kappa shape index (κ2) is 5.80. The Morgan fingerprint density at radius 3 is 2.83 bits per heavy atom. The molecule has 0 bridgehead atoms. The molecule has 1 aromatic carbocycles. The molecule has 0 aliphatic carbocycles. The Labute approximate surface area is 105 Å². The maximum absolute atomic E-state index is 11.6. The first-order valence-electron chi connectivity index (χ1n) is 5.51. The molecule has 0 amide bonds. The smallest absolute Gasteiger partial charge is 0.267 e. The second-order valence-corrected chi connectivity index (χ2v) is 3.64. The standard InChI is InChI=1S/C14H12N2O2/c17-10-4-7-12-5-1-2-6-13(12)11-16-14(18)8-3-9-15-16/h1-3,5-6,8-9,17H,10-11H2. The predicted octanol–water partition coefficient (Wildman–Crippen LogP) is 0.635. The van der Waals surface area contributed by atoms with E-state index in [1.165, 1.54) is 10.7 Å². The summed E-state index contributed by atoms with van der Waals surface area (Å²) in [5.41, 5.74) is 1.55. The van der Waals surface area contributed by atoms with Gasteiger partial charge in [-0.25, -0.2) is 4.68 Å². The van der Waals surface area contributed by atoms with E-state index in [1.54, 1.807) is 12.3 Å². The van der Waals surface area contributed by atoms with Crippen LogP contribution in [0, 0.1) is 11.8 Å². The minimum Gasteiger partial charge on any atom is -0.384 e. The number of aromatic nitrogens is 2. The van der Waals surface area contributed by atoms with Crippen molar-refractivity contribution in [2.24, 2.45) is 0 Å². The Balaban J connectivity index is 2.35. The van der Waals surface area contributed by atoms with Crippen LogP contribution in [0.15, 0.2) is 47.4 Å². The van der Waals surface area contributed by atoms with E-state index in [0.717, 1.165) is 11.1 Å². The van der Waals surface area contributed by atoms with Crippen LogP contribution in [-0.2, 0) is 6.54 Å². The molecule has 0 fully saturated rings. The van der Waals surface area contributed by atoms with Crippen molar-refractivity contribution in [1.29, 1.82) is 0 Å². The van der Waals surface area contributed by atoms with Crippen molar-refractivity contribution in [2.75, 3.05) is 6.61 Å². The summed E-state index contributed by atoms with van der Waals surface area (Å²) in [6, 6.07) is 10.6. The highest BCUT2D eigenvalue weighted by Gasteiger charge is 2.02. The van der Waals surface area contributed by atoms with E-state index < -0.39 is 0 Å². The molecule has 1 heterocycles. The molecule has 2 rings (SSSR count). The van der Waals surface area contributed by atoms with Crippen LogP contribution in [0.2, 0.25) is 0 Å². The summed E-state index contributed by atoms with van der Waals surface area (Å²) in [5, 5.41) is 12.7. The van der Waals surface area contributed by atoms with Crippen molar-refractivity contribution in [1.82, 2.24) is 9.78 Å². The number of rotatable bonds is 2. The van der Waals surface area contributed by atoms with Crippen molar-refractivity contribution >= 4 is 0 Å². The van der Waals surface area contributed by atoms with Gasteiger partial charge in [0.1, 0.15) is 6.61 Å². The molecule has 1 aromatic heterocycles. The van der Waals surface area contributed by atoms with Crippen LogP contribution >= 0.6 is 0 Å². The third-order valence-electron chi connectivity index (χ3n) is 2.42. The van der Waals surface area contributed by atoms with Gasteiger partial charge in [-0.15, -0.1) is 0 Å². The van der Waals surface area contributed by atoms with Crippen molar-refractivity contribution in [3.63, 3.8) is 0 Å². The lowest BCUT2D eigenvalue weighted by Crippen LogP contribution is -2.22. The van der Waals surface area contributed by atoms with Gasteiger partial charge in [-0.05, 0) is 17.7 Å². The molecular weight excluding hydrogens is 228 g/mol. The van der Waals surface area contributed by atoms with Gasteiger partial charge in [0.15, 0.2) is 0 Å². The van der Waals surface area contributed by atoms with Crippen molar-refractivity contribution in [3.8, 4) is 11.8 Å². The number of aliphatic hydroxyl groups excluding tert-OH is 1. The van der Waals surface area contributed by atoms with Crippen LogP contribution < -0.4 is 5.56 Å². The van der Waals surface area contributed by atoms with Gasteiger partial charge in [0, 0.05) is 17.8 Å². The van der Waals surface area contributed by atoms with Gasteiger partial charge in [-0.3, -0.25) is 4.79 Å². The van der Waals surface area contributed by atoms with Crippen LogP contribution in [0.1, 0.15) is 11.1 Å². The zero-order chi connectivity index (χ0) is 12.8. The molecule has 0 radical (unpaired) electrons. The van der Waals surface area contributed by atoms with E-state index in [4.69, 9.17) is 5.11 Å². The highest BCUT2D eigenvalue weighted by atomic mass is 16.2. The fourth-order valence-electron chi connectivity index (χ4n) is 1.58. The average molecular weight is 240 g/mol. The van der Waals surface area contributed by atoms with Crippen LogP contribution in [0.5, 0.6) is 0 Å². The van der Waals surface area contributed by atoms with Gasteiger partial charge in [0.2, 0.25) is 0 Å². The fraction of sp³-hybridized carbons (Fsp3) is 0.143. The first-order chi connectivity index (χ1) is 8.81. The lowest BCUT2D eigenvalue weighted by molar-refractivity contribution is 0.350. The van der Waals surface area contributed by atoms with Gasteiger partial charge in [0.25, 0.3) is 5.56 Å². The molecule has 0 atom stereocenters. The SMILES string of the molecule is O=c1cccnn1Cc1ccccc1C#CCO. The quantitative estimate of drug-likeness (QED) is 0.783. The molecule has 0 saturated carbocycles. The monoisotopic (exact) mass is 240 g/mol. The summed E-state index contributed by atoms with van der Waals surface area (Å²) < 4.78 is 1.37. The molecule has 2 aromatic rings. The van der Waals surface area contributed by atoms with Gasteiger partial charge in [0.05, 0.1) is 6.54 Å². The van der Waals surface area contributed by atoms with Gasteiger partial charge in [-0.2, -0.15) is 5.10 Å². The first kappa shape index (κ1) is 12.1. The number of hydrogen-bond acceptors (Lipinski definition) is 3. The van der Waals surface area contributed by atoms with Crippen LogP contribution in [-0.4, -0.2) is 21.5 Å². The first-order valence-corrected chi connectivity index (χ1v) is 5.51. The van der Waals surface area contributed by atoms with Crippen molar-refractivity contribution < 1.29 is 5.11 Å². The van der Waals surface area contributed by atoms with Gasteiger partial charge >= 0.3 is 0 Å². The molecule has 0 aliphatic rings. The third kappa shape index (κ3) is 2.84. The Hall–Kier alpha value is -2.38. The van der Waals surface area contributed by atoms with Gasteiger partial charge in [-0.1, -0.05) is 30.0 Å². The predicted molar refractivity (Wildman–Crippen MR) is 68.0 cm³/mol. The normalized spacial score (nSPS) is 9.61. The summed E-state index contributed by atoms with van der Waals surface area (Å²) in [5.74, 6) is 5.46. The summed E-state index contributed by atoms with van der Waals surface area (Å²) >= 11 is 0. The Morgan fingerprint density at radius 1 is 1.22 bits per heavy atom. The molecule has 90 valence electrons. The van der Waals surface area contributed by atoms with E-state index in [1.807, 2.05) is 24.3 Å². The molecule has 0 spiro atoms. The maximum atomic E-state index is 11.6. The molecular formula is C14H12N2O2. The third-order valence-corrected chi connectivity index (χ3v) is 2.42. The molecule has 0 saturated heterocycles. The summed E-state index contributed by atoms with van der Waals surface area (Å²) in [7, 11) is 0. The minimum atomic E-state index is -0.183. The van der Waals surface area contributed by atoms with E-state index in [9.17, 15) is 4.79 Å². The zero-order valence-electron chi connectivity index (χ0n) is 9.71. The highest BCUT2D eigenvalue weighted by Crippen LogP contribution is 2.07. The average Bonchev–Trinajstić information content (AvgIpc) is 2.40. The van der Waals surface area contributed by atoms with Crippen molar-refractivity contribution in [3.05, 3.63) is 64.1 Å². The molecule has 0 aliphatic heterocycles. The molecule has 1 N–H and O–H groups in total. The largest absolute Gasteiger partial charge is 0.384 e. The highest BCUT2D eigenvalue weighted by molar-refractivity contribution is 5.41. The molecule has 18 heavy (non-hydrogen) atoms. The number of hydrogen-bond donors (Lipinski definition) is 1. The Bertz CT molecular complexity index is 650.